The van der Waals surface area contributed by atoms with Crippen LogP contribution in [0.25, 0.3) is 0 Å². The maximum Gasteiger partial charge on any atom is 0.225 e. The van der Waals surface area contributed by atoms with Gasteiger partial charge < -0.3 is 10.2 Å². The van der Waals surface area contributed by atoms with E-state index in [2.05, 4.69) is 24.1 Å². The van der Waals surface area contributed by atoms with E-state index >= 15 is 0 Å². The average molecular weight is 345 g/mol. The van der Waals surface area contributed by atoms with E-state index in [1.165, 1.54) is 44.9 Å². The lowest BCUT2D eigenvalue weighted by Crippen LogP contribution is -2.43. The Morgan fingerprint density at radius 1 is 1.04 bits per heavy atom. The molecule has 1 saturated heterocycles. The van der Waals surface area contributed by atoms with E-state index in [0.717, 1.165) is 50.9 Å². The van der Waals surface area contributed by atoms with Crippen molar-refractivity contribution in [1.29, 1.82) is 0 Å². The van der Waals surface area contributed by atoms with Crippen LogP contribution in [0.4, 0.5) is 0 Å². The van der Waals surface area contributed by atoms with Gasteiger partial charge in [0.15, 0.2) is 0 Å². The van der Waals surface area contributed by atoms with Crippen LogP contribution in [0.15, 0.2) is 0 Å². The Balaban J connectivity index is 0.00000264. The fourth-order valence-electron chi connectivity index (χ4n) is 4.23. The molecule has 4 heteroatoms. The molecule has 1 unspecified atom stereocenters. The lowest BCUT2D eigenvalue weighted by atomic mass is 9.81. The topological polar surface area (TPSA) is 32.3 Å². The van der Waals surface area contributed by atoms with Crippen LogP contribution in [-0.4, -0.2) is 37.0 Å². The Bertz CT molecular complexity index is 323. The Labute approximate surface area is 149 Å². The molecule has 0 radical (unpaired) electrons. The van der Waals surface area contributed by atoms with Gasteiger partial charge >= 0.3 is 0 Å². The molecular weight excluding hydrogens is 308 g/mol. The number of rotatable bonds is 7. The van der Waals surface area contributed by atoms with Crippen LogP contribution in [0.1, 0.15) is 71.6 Å². The van der Waals surface area contributed by atoms with E-state index < -0.39 is 0 Å². The maximum atomic E-state index is 12.8. The predicted octanol–water partition coefficient (Wildman–Crippen LogP) is 4.25. The number of carbonyl (C=O) groups excluding carboxylic acids is 1. The summed E-state index contributed by atoms with van der Waals surface area (Å²) >= 11 is 0. The van der Waals surface area contributed by atoms with Crippen LogP contribution in [0, 0.1) is 17.8 Å². The van der Waals surface area contributed by atoms with Crippen molar-refractivity contribution in [2.75, 3.05) is 26.2 Å². The van der Waals surface area contributed by atoms with Gasteiger partial charge in [-0.15, -0.1) is 12.4 Å². The third-order valence-corrected chi connectivity index (χ3v) is 5.79. The van der Waals surface area contributed by atoms with E-state index in [-0.39, 0.29) is 18.3 Å². The first-order valence-corrected chi connectivity index (χ1v) is 9.74. The minimum Gasteiger partial charge on any atom is -0.342 e. The molecular formula is C19H37ClN2O. The fourth-order valence-corrected chi connectivity index (χ4v) is 4.23. The number of piperidine rings is 1. The third kappa shape index (κ3) is 6.62. The van der Waals surface area contributed by atoms with Crippen molar-refractivity contribution < 1.29 is 4.79 Å². The minimum absolute atomic E-state index is 0. The summed E-state index contributed by atoms with van der Waals surface area (Å²) in [7, 11) is 0. The van der Waals surface area contributed by atoms with Crippen LogP contribution in [0.5, 0.6) is 0 Å². The summed E-state index contributed by atoms with van der Waals surface area (Å²) in [6.07, 6.45) is 11.4. The predicted molar refractivity (Wildman–Crippen MR) is 100 cm³/mol. The van der Waals surface area contributed by atoms with Gasteiger partial charge in [0.25, 0.3) is 0 Å². The number of nitrogens with one attached hydrogen (secondary N) is 1. The molecule has 1 heterocycles. The first-order valence-electron chi connectivity index (χ1n) is 9.74. The van der Waals surface area contributed by atoms with Crippen LogP contribution in [-0.2, 0) is 4.79 Å². The molecule has 1 amide bonds. The summed E-state index contributed by atoms with van der Waals surface area (Å²) in [5.41, 5.74) is 0. The monoisotopic (exact) mass is 344 g/mol. The first kappa shape index (κ1) is 20.8. The summed E-state index contributed by atoms with van der Waals surface area (Å²) in [6.45, 7) is 8.50. The molecule has 0 aromatic heterocycles. The molecule has 2 fully saturated rings. The van der Waals surface area contributed by atoms with Crippen LogP contribution in [0.2, 0.25) is 0 Å². The molecule has 1 atom stereocenters. The normalized spacial score (nSPS) is 21.7. The lowest BCUT2D eigenvalue weighted by molar-refractivity contribution is -0.137. The second kappa shape index (κ2) is 11.3. The molecule has 0 bridgehead atoms. The minimum atomic E-state index is 0. The summed E-state index contributed by atoms with van der Waals surface area (Å²) in [4.78, 5) is 15.0. The maximum absolute atomic E-state index is 12.8. The van der Waals surface area contributed by atoms with Gasteiger partial charge in [-0.05, 0) is 50.6 Å². The van der Waals surface area contributed by atoms with E-state index in [1.807, 2.05) is 0 Å². The highest BCUT2D eigenvalue weighted by Crippen LogP contribution is 2.31. The number of halogens is 1. The van der Waals surface area contributed by atoms with Crippen molar-refractivity contribution in [3.05, 3.63) is 0 Å². The Morgan fingerprint density at radius 3 is 2.26 bits per heavy atom. The van der Waals surface area contributed by atoms with Gasteiger partial charge in [-0.25, -0.2) is 0 Å². The largest absolute Gasteiger partial charge is 0.342 e. The molecule has 0 aromatic carbocycles. The molecule has 1 aliphatic heterocycles. The highest BCUT2D eigenvalue weighted by atomic mass is 35.5. The Hall–Kier alpha value is -0.280. The summed E-state index contributed by atoms with van der Waals surface area (Å²) < 4.78 is 0. The molecule has 1 aliphatic carbocycles. The van der Waals surface area contributed by atoms with Crippen molar-refractivity contribution in [3.8, 4) is 0 Å². The zero-order chi connectivity index (χ0) is 15.8. The Kier molecular flexibility index (Phi) is 10.2. The molecule has 1 saturated carbocycles. The molecule has 2 rings (SSSR count). The molecule has 0 aromatic rings. The van der Waals surface area contributed by atoms with Crippen LogP contribution < -0.4 is 5.32 Å². The standard InChI is InChI=1S/C19H36N2O.ClH/c1-3-18(14-16-8-6-5-7-9-16)19(22)21-12-10-17(11-13-21)15-20-4-2;/h16-18,20H,3-15H2,1-2H3;1H. The van der Waals surface area contributed by atoms with E-state index in [0.29, 0.717) is 5.91 Å². The number of amides is 1. The van der Waals surface area contributed by atoms with Crippen molar-refractivity contribution in [3.63, 3.8) is 0 Å². The van der Waals surface area contributed by atoms with Crippen molar-refractivity contribution in [2.24, 2.45) is 17.8 Å². The van der Waals surface area contributed by atoms with E-state index in [1.54, 1.807) is 0 Å². The number of hydrogen-bond donors (Lipinski definition) is 1. The Morgan fingerprint density at radius 2 is 1.70 bits per heavy atom. The fraction of sp³-hybridized carbons (Fsp3) is 0.947. The molecule has 1 N–H and O–H groups in total. The lowest BCUT2D eigenvalue weighted by Gasteiger charge is -2.35. The molecule has 0 spiro atoms. The quantitative estimate of drug-likeness (QED) is 0.748. The average Bonchev–Trinajstić information content (AvgIpc) is 2.58. The van der Waals surface area contributed by atoms with E-state index in [9.17, 15) is 4.79 Å². The first-order chi connectivity index (χ1) is 10.7. The van der Waals surface area contributed by atoms with Crippen molar-refractivity contribution in [1.82, 2.24) is 10.2 Å². The summed E-state index contributed by atoms with van der Waals surface area (Å²) in [5, 5.41) is 3.45. The SMILES string of the molecule is CCNCC1CCN(C(=O)C(CC)CC2CCCCC2)CC1.Cl. The molecule has 2 aliphatic rings. The smallest absolute Gasteiger partial charge is 0.225 e. The van der Waals surface area contributed by atoms with Gasteiger partial charge in [0.1, 0.15) is 0 Å². The van der Waals surface area contributed by atoms with Gasteiger partial charge in [0.05, 0.1) is 0 Å². The van der Waals surface area contributed by atoms with Crippen molar-refractivity contribution >= 4 is 18.3 Å². The second-order valence-electron chi connectivity index (χ2n) is 7.42. The van der Waals surface area contributed by atoms with Gasteiger partial charge in [-0.1, -0.05) is 46.0 Å². The zero-order valence-corrected chi connectivity index (χ0v) is 16.0. The summed E-state index contributed by atoms with van der Waals surface area (Å²) in [5.74, 6) is 2.32. The van der Waals surface area contributed by atoms with Gasteiger partial charge in [0, 0.05) is 19.0 Å². The zero-order valence-electron chi connectivity index (χ0n) is 15.2. The highest BCUT2D eigenvalue weighted by molar-refractivity contribution is 5.85. The number of carbonyl (C=O) groups is 1. The number of hydrogen-bond acceptors (Lipinski definition) is 2. The van der Waals surface area contributed by atoms with Crippen molar-refractivity contribution in [2.45, 2.75) is 71.6 Å². The third-order valence-electron chi connectivity index (χ3n) is 5.79. The second-order valence-corrected chi connectivity index (χ2v) is 7.42. The summed E-state index contributed by atoms with van der Waals surface area (Å²) in [6, 6.07) is 0. The number of nitrogens with zero attached hydrogens (tertiary/aromatic N) is 1. The number of likely N-dealkylation sites (tertiary alicyclic amines) is 1. The molecule has 136 valence electrons. The van der Waals surface area contributed by atoms with Gasteiger partial charge in [0.2, 0.25) is 5.91 Å². The highest BCUT2D eigenvalue weighted by Gasteiger charge is 2.29. The van der Waals surface area contributed by atoms with Crippen LogP contribution in [0.3, 0.4) is 0 Å². The van der Waals surface area contributed by atoms with Gasteiger partial charge in [-0.3, -0.25) is 4.79 Å². The molecule has 23 heavy (non-hydrogen) atoms. The van der Waals surface area contributed by atoms with Crippen LogP contribution >= 0.6 is 12.4 Å². The molecule has 3 nitrogen and oxygen atoms in total. The van der Waals surface area contributed by atoms with E-state index in [4.69, 9.17) is 0 Å². The van der Waals surface area contributed by atoms with Gasteiger partial charge in [-0.2, -0.15) is 0 Å².